The number of hydrogen-bond acceptors (Lipinski definition) is 6. The molecule has 1 rings (SSSR count). The zero-order valence-electron chi connectivity index (χ0n) is 14.2. The molecule has 0 radical (unpaired) electrons. The Labute approximate surface area is 145 Å². The number of unbranched alkanes of at least 4 members (excludes halogenated alkanes) is 1. The number of carboxylic acids is 1. The van der Waals surface area contributed by atoms with E-state index in [9.17, 15) is 19.5 Å². The zero-order valence-corrected chi connectivity index (χ0v) is 14.2. The summed E-state index contributed by atoms with van der Waals surface area (Å²) >= 11 is 0. The number of rotatable bonds is 11. The van der Waals surface area contributed by atoms with Crippen molar-refractivity contribution in [1.82, 2.24) is 20.6 Å². The monoisotopic (exact) mass is 354 g/mol. The molecule has 0 aliphatic carbocycles. The average Bonchev–Trinajstić information content (AvgIpc) is 3.06. The first kappa shape index (κ1) is 20.6. The molecule has 0 saturated heterocycles. The molecular formula is C15H26N6O4. The summed E-state index contributed by atoms with van der Waals surface area (Å²) in [7, 11) is 0. The average molecular weight is 354 g/mol. The van der Waals surface area contributed by atoms with Gasteiger partial charge in [0.15, 0.2) is 0 Å². The van der Waals surface area contributed by atoms with Gasteiger partial charge in [0.1, 0.15) is 12.1 Å². The van der Waals surface area contributed by atoms with Crippen molar-refractivity contribution in [2.45, 2.75) is 50.7 Å². The molecule has 0 aliphatic heterocycles. The second kappa shape index (κ2) is 10.4. The number of aromatic amines is 1. The Morgan fingerprint density at radius 1 is 1.24 bits per heavy atom. The fraction of sp³-hybridized carbons (Fsp3) is 0.600. The van der Waals surface area contributed by atoms with E-state index in [1.165, 1.54) is 19.4 Å². The second-order valence-corrected chi connectivity index (χ2v) is 5.81. The Balaban J connectivity index is 2.74. The third kappa shape index (κ3) is 7.31. The molecule has 10 heteroatoms. The highest BCUT2D eigenvalue weighted by Gasteiger charge is 2.27. The van der Waals surface area contributed by atoms with Crippen molar-refractivity contribution in [3.63, 3.8) is 0 Å². The minimum Gasteiger partial charge on any atom is -0.480 e. The molecule has 0 fully saturated rings. The van der Waals surface area contributed by atoms with Crippen LogP contribution in [0.25, 0.3) is 0 Å². The minimum absolute atomic E-state index is 0.0534. The molecule has 0 bridgehead atoms. The van der Waals surface area contributed by atoms with E-state index in [0.717, 1.165) is 0 Å². The van der Waals surface area contributed by atoms with Gasteiger partial charge in [-0.15, -0.1) is 0 Å². The molecule has 3 atom stereocenters. The molecule has 0 aromatic carbocycles. The standard InChI is InChI=1S/C15H26N6O4/c1-9(17)13(22)20-11(4-2-3-5-16)14(23)21-12(15(24)25)6-10-7-18-8-19-10/h7-9,11-12H,2-6,16-17H2,1H3,(H,18,19)(H,20,22)(H,21,23)(H,24,25)/t9-,11-,12-/m0/s1. The molecule has 8 N–H and O–H groups in total. The maximum atomic E-state index is 12.5. The van der Waals surface area contributed by atoms with Gasteiger partial charge in [0, 0.05) is 18.3 Å². The maximum absolute atomic E-state index is 12.5. The van der Waals surface area contributed by atoms with Crippen LogP contribution in [0.2, 0.25) is 0 Å². The Morgan fingerprint density at radius 2 is 1.92 bits per heavy atom. The van der Waals surface area contributed by atoms with Gasteiger partial charge in [-0.25, -0.2) is 9.78 Å². The highest BCUT2D eigenvalue weighted by atomic mass is 16.4. The van der Waals surface area contributed by atoms with Crippen LogP contribution >= 0.6 is 0 Å². The van der Waals surface area contributed by atoms with E-state index in [4.69, 9.17) is 11.5 Å². The quantitative estimate of drug-likeness (QED) is 0.261. The van der Waals surface area contributed by atoms with Crippen LogP contribution in [-0.4, -0.2) is 57.5 Å². The summed E-state index contributed by atoms with van der Waals surface area (Å²) in [4.78, 5) is 42.3. The summed E-state index contributed by atoms with van der Waals surface area (Å²) in [6, 6.07) is -2.78. The van der Waals surface area contributed by atoms with Gasteiger partial charge in [-0.05, 0) is 32.7 Å². The van der Waals surface area contributed by atoms with Crippen LogP contribution in [-0.2, 0) is 20.8 Å². The fourth-order valence-electron chi connectivity index (χ4n) is 2.15. The van der Waals surface area contributed by atoms with E-state index >= 15 is 0 Å². The summed E-state index contributed by atoms with van der Waals surface area (Å²) in [6.07, 6.45) is 4.61. The number of carbonyl (C=O) groups is 3. The van der Waals surface area contributed by atoms with Crippen LogP contribution in [0.4, 0.5) is 0 Å². The fourth-order valence-corrected chi connectivity index (χ4v) is 2.15. The van der Waals surface area contributed by atoms with E-state index in [0.29, 0.717) is 31.5 Å². The van der Waals surface area contributed by atoms with E-state index < -0.39 is 35.9 Å². The molecule has 0 spiro atoms. The molecule has 1 heterocycles. The van der Waals surface area contributed by atoms with E-state index in [-0.39, 0.29) is 6.42 Å². The number of amides is 2. The molecule has 10 nitrogen and oxygen atoms in total. The SMILES string of the molecule is C[C@H](N)C(=O)N[C@@H](CCCCN)C(=O)N[C@@H](Cc1cnc[nH]1)C(=O)O. The minimum atomic E-state index is -1.18. The summed E-state index contributed by atoms with van der Waals surface area (Å²) < 4.78 is 0. The highest BCUT2D eigenvalue weighted by Crippen LogP contribution is 2.04. The molecule has 0 aliphatic rings. The lowest BCUT2D eigenvalue weighted by Crippen LogP contribution is -2.54. The molecule has 0 unspecified atom stereocenters. The van der Waals surface area contributed by atoms with Crippen molar-refractivity contribution in [2.75, 3.05) is 6.54 Å². The van der Waals surface area contributed by atoms with Gasteiger partial charge in [-0.3, -0.25) is 9.59 Å². The smallest absolute Gasteiger partial charge is 0.326 e. The Bertz CT molecular complexity index is 560. The number of nitrogens with zero attached hydrogens (tertiary/aromatic N) is 1. The van der Waals surface area contributed by atoms with Gasteiger partial charge < -0.3 is 32.2 Å². The Kier molecular flexibility index (Phi) is 8.57. The van der Waals surface area contributed by atoms with Crippen molar-refractivity contribution in [3.8, 4) is 0 Å². The van der Waals surface area contributed by atoms with Crippen molar-refractivity contribution in [3.05, 3.63) is 18.2 Å². The number of H-pyrrole nitrogens is 1. The number of hydrogen-bond donors (Lipinski definition) is 6. The first-order chi connectivity index (χ1) is 11.8. The summed E-state index contributed by atoms with van der Waals surface area (Å²) in [5.74, 6) is -2.23. The van der Waals surface area contributed by atoms with Crippen molar-refractivity contribution >= 4 is 17.8 Å². The van der Waals surface area contributed by atoms with E-state index in [1.807, 2.05) is 0 Å². The predicted octanol–water partition coefficient (Wildman–Crippen LogP) is -1.52. The zero-order chi connectivity index (χ0) is 18.8. The maximum Gasteiger partial charge on any atom is 0.326 e. The molecule has 1 aromatic rings. The topological polar surface area (TPSA) is 176 Å². The van der Waals surface area contributed by atoms with E-state index in [2.05, 4.69) is 20.6 Å². The van der Waals surface area contributed by atoms with Crippen molar-refractivity contribution < 1.29 is 19.5 Å². The first-order valence-corrected chi connectivity index (χ1v) is 8.11. The third-order valence-corrected chi connectivity index (χ3v) is 3.59. The van der Waals surface area contributed by atoms with Crippen LogP contribution < -0.4 is 22.1 Å². The van der Waals surface area contributed by atoms with E-state index in [1.54, 1.807) is 0 Å². The molecular weight excluding hydrogens is 328 g/mol. The number of imidazole rings is 1. The molecule has 0 saturated carbocycles. The number of carbonyl (C=O) groups excluding carboxylic acids is 2. The van der Waals surface area contributed by atoms with Crippen LogP contribution in [0.3, 0.4) is 0 Å². The number of aliphatic carboxylic acids is 1. The van der Waals surface area contributed by atoms with Gasteiger partial charge >= 0.3 is 5.97 Å². The van der Waals surface area contributed by atoms with Crippen molar-refractivity contribution in [1.29, 1.82) is 0 Å². The van der Waals surface area contributed by atoms with Gasteiger partial charge in [0.2, 0.25) is 11.8 Å². The van der Waals surface area contributed by atoms with Crippen LogP contribution in [0.15, 0.2) is 12.5 Å². The lowest BCUT2D eigenvalue weighted by atomic mass is 10.1. The molecule has 1 aromatic heterocycles. The lowest BCUT2D eigenvalue weighted by molar-refractivity contribution is -0.142. The van der Waals surface area contributed by atoms with Gasteiger partial charge in [0.25, 0.3) is 0 Å². The normalized spacial score (nSPS) is 14.4. The first-order valence-electron chi connectivity index (χ1n) is 8.11. The molecule has 25 heavy (non-hydrogen) atoms. The second-order valence-electron chi connectivity index (χ2n) is 5.81. The predicted molar refractivity (Wildman–Crippen MR) is 90.3 cm³/mol. The number of carboxylic acid groups (broad SMARTS) is 1. The van der Waals surface area contributed by atoms with Crippen LogP contribution in [0, 0.1) is 0 Å². The Hall–Kier alpha value is -2.46. The summed E-state index contributed by atoms with van der Waals surface area (Å²) in [6.45, 7) is 1.97. The number of nitrogens with two attached hydrogens (primary N) is 2. The van der Waals surface area contributed by atoms with Gasteiger partial charge in [-0.2, -0.15) is 0 Å². The summed E-state index contributed by atoms with van der Waals surface area (Å²) in [5.41, 5.74) is 11.5. The lowest BCUT2D eigenvalue weighted by Gasteiger charge is -2.22. The number of aromatic nitrogens is 2. The van der Waals surface area contributed by atoms with Gasteiger partial charge in [0.05, 0.1) is 12.4 Å². The highest BCUT2D eigenvalue weighted by molar-refractivity contribution is 5.91. The number of nitrogens with one attached hydrogen (secondary N) is 3. The molecule has 2 amide bonds. The van der Waals surface area contributed by atoms with Gasteiger partial charge in [-0.1, -0.05) is 0 Å². The van der Waals surface area contributed by atoms with Crippen molar-refractivity contribution in [2.24, 2.45) is 11.5 Å². The third-order valence-electron chi connectivity index (χ3n) is 3.59. The molecule has 140 valence electrons. The Morgan fingerprint density at radius 3 is 2.44 bits per heavy atom. The summed E-state index contributed by atoms with van der Waals surface area (Å²) in [5, 5.41) is 14.3. The van der Waals surface area contributed by atoms with Crippen LogP contribution in [0.1, 0.15) is 31.9 Å². The largest absolute Gasteiger partial charge is 0.480 e. The van der Waals surface area contributed by atoms with Crippen LogP contribution in [0.5, 0.6) is 0 Å².